The maximum atomic E-state index is 12.2. The number of hydrogen-bond acceptors (Lipinski definition) is 1. The van der Waals surface area contributed by atoms with Gasteiger partial charge in [-0.3, -0.25) is 0 Å². The fourth-order valence-corrected chi connectivity index (χ4v) is 1.01. The number of alkyl halides is 2. The molecule has 0 heterocycles. The number of nitrogens with one attached hydrogen (secondary N) is 1. The maximum Gasteiger partial charge on any atom is 0.245 e. The molecule has 1 saturated carbocycles. The van der Waals surface area contributed by atoms with E-state index in [2.05, 4.69) is 5.32 Å². The summed E-state index contributed by atoms with van der Waals surface area (Å²) < 4.78 is 24.3. The average molecular weight is 149 g/mol. The van der Waals surface area contributed by atoms with E-state index >= 15 is 0 Å². The van der Waals surface area contributed by atoms with Crippen LogP contribution in [0.2, 0.25) is 0 Å². The molecule has 0 atom stereocenters. The van der Waals surface area contributed by atoms with Crippen molar-refractivity contribution in [2.45, 2.75) is 26.2 Å². The van der Waals surface area contributed by atoms with Crippen LogP contribution in [-0.2, 0) is 0 Å². The third-order valence-electron chi connectivity index (χ3n) is 2.08. The number of halogens is 2. The molecular weight excluding hydrogens is 136 g/mol. The molecular formula is C7H13F2N. The summed E-state index contributed by atoms with van der Waals surface area (Å²) >= 11 is 0. The molecule has 0 aliphatic heterocycles. The van der Waals surface area contributed by atoms with E-state index in [0.717, 1.165) is 6.54 Å². The first-order chi connectivity index (χ1) is 4.71. The van der Waals surface area contributed by atoms with Gasteiger partial charge >= 0.3 is 0 Å². The quantitative estimate of drug-likeness (QED) is 0.640. The molecule has 0 spiro atoms. The molecule has 3 heteroatoms. The second-order valence-electron chi connectivity index (χ2n) is 2.94. The van der Waals surface area contributed by atoms with Gasteiger partial charge in [-0.1, -0.05) is 6.92 Å². The molecule has 1 aliphatic rings. The predicted molar refractivity (Wildman–Crippen MR) is 36.2 cm³/mol. The Morgan fingerprint density at radius 2 is 2.10 bits per heavy atom. The zero-order chi connectivity index (χ0) is 7.61. The minimum absolute atomic E-state index is 0.487. The molecule has 60 valence electrons. The third kappa shape index (κ3) is 1.45. The Labute approximate surface area is 59.8 Å². The minimum Gasteiger partial charge on any atom is -0.316 e. The van der Waals surface area contributed by atoms with Crippen molar-refractivity contribution in [3.05, 3.63) is 0 Å². The normalized spacial score (nSPS) is 21.6. The average Bonchev–Trinajstić information content (AvgIpc) is 2.64. The second-order valence-corrected chi connectivity index (χ2v) is 2.94. The van der Waals surface area contributed by atoms with Crippen molar-refractivity contribution in [3.63, 3.8) is 0 Å². The lowest BCUT2D eigenvalue weighted by atomic mass is 10.1. The summed E-state index contributed by atoms with van der Waals surface area (Å²) in [5, 5.41) is 2.95. The Hall–Kier alpha value is -0.180. The van der Waals surface area contributed by atoms with Crippen molar-refractivity contribution in [2.24, 2.45) is 5.41 Å². The van der Waals surface area contributed by atoms with Crippen LogP contribution in [0, 0.1) is 5.41 Å². The first kappa shape index (κ1) is 7.92. The van der Waals surface area contributed by atoms with E-state index in [9.17, 15) is 8.78 Å². The molecule has 0 aromatic rings. The van der Waals surface area contributed by atoms with Crippen molar-refractivity contribution in [1.82, 2.24) is 5.32 Å². The van der Waals surface area contributed by atoms with E-state index in [1.165, 1.54) is 0 Å². The van der Waals surface area contributed by atoms with Crippen molar-refractivity contribution >= 4 is 0 Å². The van der Waals surface area contributed by atoms with Crippen LogP contribution in [0.15, 0.2) is 0 Å². The first-order valence-electron chi connectivity index (χ1n) is 3.70. The minimum atomic E-state index is -2.13. The van der Waals surface area contributed by atoms with Gasteiger partial charge in [0.05, 0.1) is 0 Å². The van der Waals surface area contributed by atoms with Gasteiger partial charge < -0.3 is 5.32 Å². The van der Waals surface area contributed by atoms with Crippen molar-refractivity contribution < 1.29 is 8.78 Å². The monoisotopic (exact) mass is 149 g/mol. The van der Waals surface area contributed by atoms with Gasteiger partial charge in [-0.05, 0) is 19.4 Å². The highest BCUT2D eigenvalue weighted by Gasteiger charge is 2.50. The molecule has 0 bridgehead atoms. The van der Waals surface area contributed by atoms with Crippen LogP contribution in [0.4, 0.5) is 8.78 Å². The van der Waals surface area contributed by atoms with Crippen LogP contribution < -0.4 is 5.32 Å². The van der Waals surface area contributed by atoms with E-state index in [0.29, 0.717) is 19.4 Å². The summed E-state index contributed by atoms with van der Waals surface area (Å²) in [6.45, 7) is 3.21. The second kappa shape index (κ2) is 2.82. The molecule has 1 nitrogen and oxygen atoms in total. The third-order valence-corrected chi connectivity index (χ3v) is 2.08. The van der Waals surface area contributed by atoms with E-state index in [4.69, 9.17) is 0 Å². The van der Waals surface area contributed by atoms with Crippen LogP contribution >= 0.6 is 0 Å². The Morgan fingerprint density at radius 3 is 2.40 bits per heavy atom. The van der Waals surface area contributed by atoms with E-state index < -0.39 is 11.8 Å². The molecule has 1 N–H and O–H groups in total. The standard InChI is InChI=1S/C7H13F2N/c1-2-10-5-7(3-4-7)6(8)9/h6,10H,2-5H2,1H3. The van der Waals surface area contributed by atoms with Crippen LogP contribution in [0.5, 0.6) is 0 Å². The van der Waals surface area contributed by atoms with Crippen LogP contribution in [0.25, 0.3) is 0 Å². The van der Waals surface area contributed by atoms with E-state index in [1.807, 2.05) is 6.92 Å². The fourth-order valence-electron chi connectivity index (χ4n) is 1.01. The van der Waals surface area contributed by atoms with Gasteiger partial charge in [0.15, 0.2) is 0 Å². The molecule has 1 fully saturated rings. The number of hydrogen-bond donors (Lipinski definition) is 1. The molecule has 0 saturated heterocycles. The lowest BCUT2D eigenvalue weighted by molar-refractivity contribution is 0.0617. The van der Waals surface area contributed by atoms with Gasteiger partial charge in [-0.25, -0.2) is 8.78 Å². The van der Waals surface area contributed by atoms with Gasteiger partial charge in [-0.2, -0.15) is 0 Å². The van der Waals surface area contributed by atoms with Crippen molar-refractivity contribution in [1.29, 1.82) is 0 Å². The van der Waals surface area contributed by atoms with E-state index in [-0.39, 0.29) is 0 Å². The molecule has 0 radical (unpaired) electrons. The maximum absolute atomic E-state index is 12.2. The van der Waals surface area contributed by atoms with Crippen molar-refractivity contribution in [2.75, 3.05) is 13.1 Å². The molecule has 0 aromatic carbocycles. The van der Waals surface area contributed by atoms with Gasteiger partial charge in [0, 0.05) is 12.0 Å². The Balaban J connectivity index is 2.24. The fraction of sp³-hybridized carbons (Fsp3) is 1.00. The summed E-state index contributed by atoms with van der Waals surface area (Å²) in [5.74, 6) is 0. The predicted octanol–water partition coefficient (Wildman–Crippen LogP) is 1.64. The summed E-state index contributed by atoms with van der Waals surface area (Å²) in [6.07, 6.45) is -0.749. The van der Waals surface area contributed by atoms with Crippen molar-refractivity contribution in [3.8, 4) is 0 Å². The summed E-state index contributed by atoms with van der Waals surface area (Å²) in [5.41, 5.74) is -0.643. The highest BCUT2D eigenvalue weighted by atomic mass is 19.3. The Kier molecular flexibility index (Phi) is 2.24. The lowest BCUT2D eigenvalue weighted by Crippen LogP contribution is -2.28. The zero-order valence-electron chi connectivity index (χ0n) is 6.16. The van der Waals surface area contributed by atoms with E-state index in [1.54, 1.807) is 0 Å². The van der Waals surface area contributed by atoms with Gasteiger partial charge in [0.1, 0.15) is 0 Å². The SMILES string of the molecule is CCNCC1(C(F)F)CC1. The Morgan fingerprint density at radius 1 is 1.50 bits per heavy atom. The van der Waals surface area contributed by atoms with Gasteiger partial charge in [-0.15, -0.1) is 0 Å². The highest BCUT2D eigenvalue weighted by molar-refractivity contribution is 4.96. The summed E-state index contributed by atoms with van der Waals surface area (Å²) in [7, 11) is 0. The topological polar surface area (TPSA) is 12.0 Å². The molecule has 0 amide bonds. The molecule has 0 unspecified atom stereocenters. The van der Waals surface area contributed by atoms with Gasteiger partial charge in [0.2, 0.25) is 6.43 Å². The lowest BCUT2D eigenvalue weighted by Gasteiger charge is -2.13. The molecule has 0 aromatic heterocycles. The first-order valence-corrected chi connectivity index (χ1v) is 3.70. The van der Waals surface area contributed by atoms with Crippen LogP contribution in [-0.4, -0.2) is 19.5 Å². The molecule has 1 rings (SSSR count). The highest BCUT2D eigenvalue weighted by Crippen LogP contribution is 2.49. The largest absolute Gasteiger partial charge is 0.316 e. The number of rotatable bonds is 4. The summed E-state index contributed by atoms with van der Waals surface area (Å²) in [4.78, 5) is 0. The molecule has 1 aliphatic carbocycles. The van der Waals surface area contributed by atoms with Crippen LogP contribution in [0.3, 0.4) is 0 Å². The van der Waals surface area contributed by atoms with Gasteiger partial charge in [0.25, 0.3) is 0 Å². The van der Waals surface area contributed by atoms with Crippen LogP contribution in [0.1, 0.15) is 19.8 Å². The summed E-state index contributed by atoms with van der Waals surface area (Å²) in [6, 6.07) is 0. The zero-order valence-corrected chi connectivity index (χ0v) is 6.16. The molecule has 10 heavy (non-hydrogen) atoms. The smallest absolute Gasteiger partial charge is 0.245 e. The Bertz CT molecular complexity index is 110.